The van der Waals surface area contributed by atoms with Gasteiger partial charge in [0.05, 0.1) is 19.0 Å². The first-order chi connectivity index (χ1) is 21.8. The number of imidazole rings is 1. The third-order valence-electron chi connectivity index (χ3n) is 7.29. The van der Waals surface area contributed by atoms with E-state index in [1.165, 1.54) is 17.8 Å². The van der Waals surface area contributed by atoms with Gasteiger partial charge >= 0.3 is 13.7 Å². The van der Waals surface area contributed by atoms with Crippen molar-refractivity contribution >= 4 is 41.5 Å². The minimum Gasteiger partial charge on any atom is -0.462 e. The second kappa shape index (κ2) is 12.9. The number of anilines is 1. The topological polar surface area (TPSA) is 150 Å². The summed E-state index contributed by atoms with van der Waals surface area (Å²) < 4.78 is 54.9. The fraction of sp³-hybridized carbons (Fsp3) is 0.419. The molecule has 2 aromatic carbocycles. The van der Waals surface area contributed by atoms with Gasteiger partial charge in [-0.2, -0.15) is 5.09 Å². The maximum absolute atomic E-state index is 16.4. The summed E-state index contributed by atoms with van der Waals surface area (Å²) in [5, 5.41) is 15.2. The van der Waals surface area contributed by atoms with Gasteiger partial charge in [-0.15, -0.1) is 6.42 Å². The zero-order chi connectivity index (χ0) is 33.4. The average molecular weight is 655 g/mol. The molecule has 4 aromatic rings. The number of nitrogens with one attached hydrogen (secondary N) is 1. The summed E-state index contributed by atoms with van der Waals surface area (Å²) in [6.45, 7) is 5.82. The van der Waals surface area contributed by atoms with Crippen molar-refractivity contribution in [2.24, 2.45) is 0 Å². The van der Waals surface area contributed by atoms with Crippen LogP contribution in [0.4, 0.5) is 10.2 Å². The van der Waals surface area contributed by atoms with E-state index in [4.69, 9.17) is 24.9 Å². The molecule has 0 saturated carbocycles. The van der Waals surface area contributed by atoms with Crippen LogP contribution in [0.2, 0.25) is 0 Å². The number of carbonyl (C=O) groups is 1. The van der Waals surface area contributed by atoms with E-state index in [9.17, 15) is 14.5 Å². The van der Waals surface area contributed by atoms with Gasteiger partial charge in [0, 0.05) is 19.5 Å². The van der Waals surface area contributed by atoms with Gasteiger partial charge in [-0.1, -0.05) is 42.3 Å². The Kier molecular flexibility index (Phi) is 9.35. The van der Waals surface area contributed by atoms with Crippen LogP contribution in [0.3, 0.4) is 0 Å². The van der Waals surface area contributed by atoms with E-state index < -0.39 is 56.6 Å². The molecule has 0 bridgehead atoms. The number of fused-ring (bicyclic) bond motifs is 2. The summed E-state index contributed by atoms with van der Waals surface area (Å²) in [5.41, 5.74) is -2.16. The molecule has 15 heteroatoms. The van der Waals surface area contributed by atoms with Crippen molar-refractivity contribution in [3.63, 3.8) is 0 Å². The smallest absolute Gasteiger partial charge is 0.459 e. The molecule has 1 aliphatic heterocycles. The molecule has 1 aliphatic rings. The Labute approximate surface area is 265 Å². The van der Waals surface area contributed by atoms with Crippen molar-refractivity contribution in [1.82, 2.24) is 24.6 Å². The van der Waals surface area contributed by atoms with Crippen LogP contribution < -0.4 is 14.5 Å². The van der Waals surface area contributed by atoms with Gasteiger partial charge in [0.25, 0.3) is 0 Å². The second-order valence-electron chi connectivity index (χ2n) is 11.4. The molecule has 2 N–H and O–H groups in total. The SMILES string of the molecule is C#C[C@@]1(F)[C@H](O)[C@@H](CO[P@](=O)(N[C@H](C)C(=O)OC(C)C)Oc2cccc3ccccc23)O[C@H]1n1cnc2c(N(C)C)nc(C)nc21. The van der Waals surface area contributed by atoms with E-state index in [0.717, 1.165) is 5.39 Å². The maximum atomic E-state index is 16.4. The van der Waals surface area contributed by atoms with Crippen LogP contribution in [0.15, 0.2) is 48.8 Å². The quantitative estimate of drug-likeness (QED) is 0.136. The van der Waals surface area contributed by atoms with Gasteiger partial charge in [0.2, 0.25) is 5.67 Å². The number of carbonyl (C=O) groups excluding carboxylic acids is 1. The number of alkyl halides is 1. The number of aliphatic hydroxyl groups excluding tert-OH is 1. The molecule has 13 nitrogen and oxygen atoms in total. The normalized spacial score (nSPS) is 23.3. The zero-order valence-corrected chi connectivity index (χ0v) is 27.1. The lowest BCUT2D eigenvalue weighted by Crippen LogP contribution is -2.42. The summed E-state index contributed by atoms with van der Waals surface area (Å²) in [6, 6.07) is 11.3. The van der Waals surface area contributed by atoms with Gasteiger partial charge in [-0.3, -0.25) is 13.9 Å². The first-order valence-corrected chi connectivity index (χ1v) is 16.1. The molecule has 3 heterocycles. The fourth-order valence-electron chi connectivity index (χ4n) is 5.09. The standard InChI is InChI=1S/C31H36FN6O7P/c1-8-31(32)26(39)24(44-30(31)38-17-33-25-27(37(6)7)34-20(5)35-28(25)38)16-42-46(41,36-19(4)29(40)43-18(2)3)45-23-15-11-13-21-12-9-10-14-22(21)23/h1,9-15,17-19,24,26,30,39H,16H2,2-7H3,(H,36,41)/t19-,24-,26-,30-,31-,46-/m1/s1. The Bertz CT molecular complexity index is 1840. The fourth-order valence-corrected chi connectivity index (χ4v) is 6.61. The molecule has 0 amide bonds. The lowest BCUT2D eigenvalue weighted by Gasteiger charge is -2.25. The van der Waals surface area contributed by atoms with Crippen LogP contribution in [-0.2, 0) is 23.4 Å². The molecule has 46 heavy (non-hydrogen) atoms. The van der Waals surface area contributed by atoms with E-state index >= 15 is 4.39 Å². The number of aromatic nitrogens is 4. The number of terminal acetylenes is 1. The van der Waals surface area contributed by atoms with Crippen molar-refractivity contribution in [2.45, 2.75) is 63.9 Å². The van der Waals surface area contributed by atoms with Crippen molar-refractivity contribution in [3.05, 3.63) is 54.6 Å². The lowest BCUT2D eigenvalue weighted by molar-refractivity contribution is -0.149. The third kappa shape index (κ3) is 6.42. The molecule has 1 fully saturated rings. The van der Waals surface area contributed by atoms with Crippen LogP contribution in [-0.4, -0.2) is 81.3 Å². The second-order valence-corrected chi connectivity index (χ2v) is 13.1. The largest absolute Gasteiger partial charge is 0.462 e. The molecular weight excluding hydrogens is 618 g/mol. The number of benzene rings is 2. The van der Waals surface area contributed by atoms with Crippen LogP contribution in [0, 0.1) is 19.3 Å². The molecular formula is C31H36FN6O7P. The predicted molar refractivity (Wildman–Crippen MR) is 169 cm³/mol. The Morgan fingerprint density at radius 2 is 1.96 bits per heavy atom. The molecule has 2 aromatic heterocycles. The van der Waals surface area contributed by atoms with Crippen LogP contribution in [0.1, 0.15) is 32.8 Å². The Balaban J connectivity index is 1.45. The highest BCUT2D eigenvalue weighted by Crippen LogP contribution is 2.49. The molecule has 6 atom stereocenters. The van der Waals surface area contributed by atoms with Gasteiger partial charge < -0.3 is 24.0 Å². The van der Waals surface area contributed by atoms with Gasteiger partial charge in [-0.25, -0.2) is 23.9 Å². The number of nitrogens with zero attached hydrogens (tertiary/aromatic N) is 5. The molecule has 1 saturated heterocycles. The molecule has 244 valence electrons. The highest BCUT2D eigenvalue weighted by Gasteiger charge is 2.58. The van der Waals surface area contributed by atoms with Crippen molar-refractivity contribution in [3.8, 4) is 18.1 Å². The highest BCUT2D eigenvalue weighted by atomic mass is 31.2. The summed E-state index contributed by atoms with van der Waals surface area (Å²) in [6.07, 6.45) is 1.56. The number of aryl methyl sites for hydroxylation is 1. The van der Waals surface area contributed by atoms with E-state index in [-0.39, 0.29) is 11.4 Å². The van der Waals surface area contributed by atoms with Crippen LogP contribution in [0.25, 0.3) is 21.9 Å². The number of hydrogen-bond acceptors (Lipinski definition) is 11. The molecule has 0 aliphatic carbocycles. The molecule has 5 rings (SSSR count). The van der Waals surface area contributed by atoms with Gasteiger partial charge in [0.15, 0.2) is 23.2 Å². The first kappa shape index (κ1) is 33.2. The Morgan fingerprint density at radius 1 is 1.24 bits per heavy atom. The molecule has 0 radical (unpaired) electrons. The minimum absolute atomic E-state index is 0.198. The number of halogens is 1. The molecule has 0 unspecified atom stereocenters. The van der Waals surface area contributed by atoms with E-state index in [1.807, 2.05) is 24.1 Å². The number of ether oxygens (including phenoxy) is 2. The number of aliphatic hydroxyl groups is 1. The van der Waals surface area contributed by atoms with E-state index in [2.05, 4.69) is 20.0 Å². The number of rotatable bonds is 11. The van der Waals surface area contributed by atoms with E-state index in [0.29, 0.717) is 22.5 Å². The third-order valence-corrected chi connectivity index (χ3v) is 8.92. The molecule has 0 spiro atoms. The van der Waals surface area contributed by atoms with Crippen molar-refractivity contribution in [1.29, 1.82) is 0 Å². The Morgan fingerprint density at radius 3 is 2.65 bits per heavy atom. The predicted octanol–water partition coefficient (Wildman–Crippen LogP) is 4.09. The monoisotopic (exact) mass is 654 g/mol. The number of esters is 1. The van der Waals surface area contributed by atoms with Gasteiger partial charge in [-0.05, 0) is 39.1 Å². The summed E-state index contributed by atoms with van der Waals surface area (Å²) in [4.78, 5) is 27.5. The van der Waals surface area contributed by atoms with Crippen molar-refractivity contribution < 1.29 is 37.4 Å². The number of hydrogen-bond donors (Lipinski definition) is 2. The van der Waals surface area contributed by atoms with Crippen LogP contribution in [0.5, 0.6) is 5.75 Å². The first-order valence-electron chi connectivity index (χ1n) is 14.5. The summed E-state index contributed by atoms with van der Waals surface area (Å²) >= 11 is 0. The van der Waals surface area contributed by atoms with Crippen molar-refractivity contribution in [2.75, 3.05) is 25.6 Å². The Hall–Kier alpha value is -4.12. The van der Waals surface area contributed by atoms with Crippen LogP contribution >= 0.6 is 7.75 Å². The average Bonchev–Trinajstić information content (AvgIpc) is 3.53. The zero-order valence-electron chi connectivity index (χ0n) is 26.2. The van der Waals surface area contributed by atoms with E-state index in [1.54, 1.807) is 64.0 Å². The summed E-state index contributed by atoms with van der Waals surface area (Å²) in [7, 11) is -0.876. The maximum Gasteiger partial charge on any atom is 0.459 e. The van der Waals surface area contributed by atoms with Gasteiger partial charge in [0.1, 0.15) is 29.8 Å². The minimum atomic E-state index is -4.43. The lowest BCUT2D eigenvalue weighted by atomic mass is 9.97. The highest BCUT2D eigenvalue weighted by molar-refractivity contribution is 7.52. The summed E-state index contributed by atoms with van der Waals surface area (Å²) in [5.74, 6) is 2.41.